The third-order valence-electron chi connectivity index (χ3n) is 20.8. The van der Waals surface area contributed by atoms with E-state index in [4.69, 9.17) is 44.2 Å². The van der Waals surface area contributed by atoms with Crippen LogP contribution in [0.15, 0.2) is 136 Å². The average molecular weight is 1910 g/mol. The Morgan fingerprint density at radius 2 is 0.823 bits per heavy atom. The van der Waals surface area contributed by atoms with Crippen molar-refractivity contribution in [1.29, 1.82) is 21.0 Å². The molecule has 692 valence electrons. The number of aromatic nitrogens is 20. The van der Waals surface area contributed by atoms with E-state index in [1.807, 2.05) is 69.7 Å². The summed E-state index contributed by atoms with van der Waals surface area (Å²) < 4.78 is 143. The Balaban J connectivity index is 0.000000202. The minimum absolute atomic E-state index is 0. The first-order valence-electron chi connectivity index (χ1n) is 39.3. The first kappa shape index (κ1) is 99.7. The summed E-state index contributed by atoms with van der Waals surface area (Å²) in [7, 11) is -19.0. The van der Waals surface area contributed by atoms with Crippen LogP contribution in [0.25, 0.3) is 89.2 Å². The maximum atomic E-state index is 12.2. The second kappa shape index (κ2) is 42.0. The molecule has 2 unspecified atom stereocenters. The predicted octanol–water partition coefficient (Wildman–Crippen LogP) is 6.26. The maximum Gasteiger partial charge on any atom is 0.521 e. The maximum absolute atomic E-state index is 12.2. The van der Waals surface area contributed by atoms with Gasteiger partial charge in [-0.25, -0.2) is 84.1 Å². The molecule has 16 rings (SSSR count). The predicted molar refractivity (Wildman–Crippen MR) is 464 cm³/mol. The molecule has 4 aliphatic rings. The van der Waals surface area contributed by atoms with Crippen LogP contribution in [-0.4, -0.2) is 247 Å². The number of nitrogens with one attached hydrogen (secondary N) is 3. The molecular formula is C76H94N28O20P2S4. The summed E-state index contributed by atoms with van der Waals surface area (Å²) >= 11 is 0. The van der Waals surface area contributed by atoms with Crippen molar-refractivity contribution >= 4 is 113 Å². The molecular weight excluding hydrogens is 1820 g/mol. The number of nitriles is 4. The van der Waals surface area contributed by atoms with Crippen LogP contribution >= 0.6 is 16.5 Å². The van der Waals surface area contributed by atoms with Crippen LogP contribution in [-0.2, 0) is 108 Å². The van der Waals surface area contributed by atoms with Gasteiger partial charge in [-0.2, -0.15) is 58.7 Å². The molecule has 0 radical (unpaired) electrons. The summed E-state index contributed by atoms with van der Waals surface area (Å²) in [4.78, 5) is 82.3. The number of aromatic amines is 3. The Kier molecular flexibility index (Phi) is 32.2. The zero-order valence-corrected chi connectivity index (χ0v) is 76.7. The summed E-state index contributed by atoms with van der Waals surface area (Å²) in [5.74, 6) is -0.321. The zero-order chi connectivity index (χ0) is 95.0. The van der Waals surface area contributed by atoms with Crippen LogP contribution in [0.5, 0.6) is 0 Å². The highest BCUT2D eigenvalue weighted by atomic mass is 32.2. The van der Waals surface area contributed by atoms with E-state index in [9.17, 15) is 59.0 Å². The van der Waals surface area contributed by atoms with Gasteiger partial charge in [-0.1, -0.05) is 0 Å². The van der Waals surface area contributed by atoms with Crippen molar-refractivity contribution in [3.63, 3.8) is 0 Å². The summed E-state index contributed by atoms with van der Waals surface area (Å²) in [6.07, 6.45) is 28.9. The molecule has 0 aliphatic carbocycles. The molecule has 0 aromatic carbocycles. The van der Waals surface area contributed by atoms with Crippen LogP contribution < -0.4 is 9.79 Å². The van der Waals surface area contributed by atoms with Crippen LogP contribution in [0, 0.1) is 56.2 Å². The number of esters is 2. The van der Waals surface area contributed by atoms with Crippen molar-refractivity contribution in [2.24, 2.45) is 10.8 Å². The monoisotopic (exact) mass is 1910 g/mol. The molecule has 4 aliphatic heterocycles. The van der Waals surface area contributed by atoms with E-state index < -0.39 is 84.0 Å². The smallest absolute Gasteiger partial charge is 0.521 e. The SMILES string of the molecule is CC(C)(C)C(=O)OCn1ccc2c(-c3cn[nH]c3)ncnc21.CCS(=O)(=O)N1CC(=CC#N)C1.CCS(=O)(=O)N1CC(CC#N)(n2cc(-c3ncnc4[nH]ccc34)cn2)C1.CCS(=O)(=O)N1CC(CC#N)(n2cc(-c3ncnc4[nH]ccc34)cn2)C1.CCS(=O)(=O)N1CC(CC#N)(n2cc(-c3ncnc4c3ccn4COC(=O)C(C)(C)C)cn2)C1.O=[P+]([O-])OO.O=[P+]([O-])OO.[HH].[HH]. The number of carbonyl (C=O) groups excluding carboxylic acids is 2. The van der Waals surface area contributed by atoms with Crippen LogP contribution in [0.4, 0.5) is 0 Å². The quantitative estimate of drug-likeness (QED) is 0.0146. The lowest BCUT2D eigenvalue weighted by molar-refractivity contribution is -0.245. The van der Waals surface area contributed by atoms with Gasteiger partial charge in [0.15, 0.2) is 13.5 Å². The number of fused-ring (bicyclic) bond motifs is 4. The Hall–Kier alpha value is -12.4. The molecule has 12 aromatic heterocycles. The Morgan fingerprint density at radius 3 is 1.12 bits per heavy atom. The molecule has 0 saturated carbocycles. The fourth-order valence-corrected chi connectivity index (χ4v) is 18.3. The van der Waals surface area contributed by atoms with E-state index >= 15 is 0 Å². The average Bonchev–Trinajstić information content (AvgIpc) is 1.22. The van der Waals surface area contributed by atoms with Crippen molar-refractivity contribution in [2.45, 2.75) is 119 Å². The van der Waals surface area contributed by atoms with Crippen molar-refractivity contribution < 1.29 is 94.4 Å². The molecule has 0 bridgehead atoms. The number of ether oxygens (including phenoxy) is 2. The first-order valence-corrected chi connectivity index (χ1v) is 47.9. The molecule has 0 spiro atoms. The number of hydrogen-bond donors (Lipinski definition) is 5. The Morgan fingerprint density at radius 1 is 0.500 bits per heavy atom. The summed E-state index contributed by atoms with van der Waals surface area (Å²) in [6, 6.07) is 15.9. The summed E-state index contributed by atoms with van der Waals surface area (Å²) in [6.45, 7) is 19.6. The van der Waals surface area contributed by atoms with E-state index in [1.165, 1.54) is 48.6 Å². The third-order valence-corrected chi connectivity index (χ3v) is 28.1. The number of allylic oxidation sites excluding steroid dienone is 1. The minimum atomic E-state index is -3.33. The van der Waals surface area contributed by atoms with E-state index in [-0.39, 0.29) is 110 Å². The van der Waals surface area contributed by atoms with E-state index in [0.717, 1.165) is 72.2 Å². The first-order chi connectivity index (χ1) is 61.6. The Bertz CT molecular complexity index is 6590. The van der Waals surface area contributed by atoms with Crippen molar-refractivity contribution in [3.05, 3.63) is 136 Å². The number of H-pyrrole nitrogens is 3. The molecule has 2 atom stereocenters. The second-order valence-electron chi connectivity index (χ2n) is 31.4. The lowest BCUT2D eigenvalue weighted by Gasteiger charge is -2.47. The highest BCUT2D eigenvalue weighted by Crippen LogP contribution is 2.40. The van der Waals surface area contributed by atoms with Gasteiger partial charge < -0.3 is 29.2 Å². The van der Waals surface area contributed by atoms with Gasteiger partial charge in [0, 0.05) is 164 Å². The standard InChI is InChI=1S/C22H27N7O4S.2C16H17N7O2S.C15H17N5O2.C7H10N2O2S.2HO4P.2H2/c1-5-34(31,32)28-12-22(13-28,7-8-23)29-11-16(10-26-29)18-17-6-9-27(19(17)25-14-24-18)15-33-20(30)21(2,3)4;2*1-2-26(24,25)22-9-16(10-22,4-5-17)23-8-12(7-21-23)14-13-3-6-18-15(13)20-11-19-14;1-15(2,3)14(21)22-9-20-5-4-11-12(10-6-18-19-7-10)16-8-17-13(11)20;1-2-12(10,11)9-5-7(6-9)3-4-8;2*1-4-5(2)3;;/h6,9-11,14H,5,7,12-13,15H2,1-4H3;2*3,6-8,11H,2,4,9-10H2,1H3,(H,18,19,20);4-8H,9H2,1-3H3,(H,18,19);3H,2,5-6H2,1H3;2*1H;2*1H. The molecule has 4 saturated heterocycles. The van der Waals surface area contributed by atoms with Crippen molar-refractivity contribution in [1.82, 2.24) is 116 Å². The summed E-state index contributed by atoms with van der Waals surface area (Å²) in [5, 5.41) is 73.6. The normalized spacial score (nSPS) is 15.6. The second-order valence-corrected chi connectivity index (χ2v) is 41.7. The summed E-state index contributed by atoms with van der Waals surface area (Å²) in [5.41, 5.74) is 6.66. The highest BCUT2D eigenvalue weighted by molar-refractivity contribution is 7.89. The van der Waals surface area contributed by atoms with Crippen LogP contribution in [0.1, 0.15) is 91.4 Å². The molecule has 0 amide bonds. The number of sulfonamides is 4. The molecule has 16 heterocycles. The molecule has 54 heteroatoms. The van der Waals surface area contributed by atoms with Gasteiger partial charge in [-0.3, -0.25) is 37.9 Å². The van der Waals surface area contributed by atoms with Crippen LogP contribution in [0.3, 0.4) is 0 Å². The molecule has 130 heavy (non-hydrogen) atoms. The molecule has 5 N–H and O–H groups in total. The van der Waals surface area contributed by atoms with E-state index in [0.29, 0.717) is 35.6 Å². The molecule has 4 fully saturated rings. The van der Waals surface area contributed by atoms with E-state index in [2.05, 4.69) is 103 Å². The lowest BCUT2D eigenvalue weighted by Crippen LogP contribution is -2.64. The van der Waals surface area contributed by atoms with Gasteiger partial charge in [0.05, 0.1) is 125 Å². The largest absolute Gasteiger partial charge is 0.565 e. The number of hydrogen-bond acceptors (Lipinski definition) is 36. The fourth-order valence-electron chi connectivity index (χ4n) is 13.5. The highest BCUT2D eigenvalue weighted by Gasteiger charge is 2.52. The van der Waals surface area contributed by atoms with Crippen LogP contribution in [0.2, 0.25) is 0 Å². The zero-order valence-electron chi connectivity index (χ0n) is 71.6. The van der Waals surface area contributed by atoms with Gasteiger partial charge >= 0.3 is 28.4 Å². The van der Waals surface area contributed by atoms with Gasteiger partial charge in [0.25, 0.3) is 0 Å². The van der Waals surface area contributed by atoms with Crippen molar-refractivity contribution in [2.75, 3.05) is 75.4 Å². The lowest BCUT2D eigenvalue weighted by atomic mass is 9.89. The minimum Gasteiger partial charge on any atom is -0.565 e. The topological polar surface area (TPSA) is 663 Å². The third kappa shape index (κ3) is 23.0. The molecule has 48 nitrogen and oxygen atoms in total. The van der Waals surface area contributed by atoms with Gasteiger partial charge in [0.1, 0.15) is 64.5 Å². The number of nitrogens with zero attached hydrogens (tertiary/aromatic N) is 25. The van der Waals surface area contributed by atoms with Gasteiger partial charge in [-0.15, -0.1) is 0 Å². The van der Waals surface area contributed by atoms with Gasteiger partial charge in [-0.05, 0) is 108 Å². The Labute approximate surface area is 749 Å². The van der Waals surface area contributed by atoms with E-state index in [1.54, 1.807) is 127 Å². The molecule has 12 aromatic rings. The number of rotatable bonds is 24. The number of carbonyl (C=O) groups is 2. The van der Waals surface area contributed by atoms with Gasteiger partial charge in [0.2, 0.25) is 40.1 Å². The van der Waals surface area contributed by atoms with Crippen molar-refractivity contribution in [3.8, 4) is 69.3 Å². The fraction of sp³-hybridized carbons (Fsp3) is 0.421.